The number of nitrogens with one attached hydrogen (secondary N) is 2. The van der Waals surface area contributed by atoms with Gasteiger partial charge in [0.15, 0.2) is 11.6 Å². The van der Waals surface area contributed by atoms with Crippen LogP contribution in [-0.4, -0.2) is 90.2 Å². The number of carboxylic acid groups (broad SMARTS) is 1. The van der Waals surface area contributed by atoms with Crippen molar-refractivity contribution in [2.45, 2.75) is 38.0 Å². The first-order chi connectivity index (χ1) is 26.3. The number of esters is 1. The molecule has 16 heteroatoms. The number of benzene rings is 2. The van der Waals surface area contributed by atoms with Crippen LogP contribution >= 0.6 is 23.5 Å². The summed E-state index contributed by atoms with van der Waals surface area (Å²) in [7, 11) is 1.37. The van der Waals surface area contributed by atoms with Gasteiger partial charge < -0.3 is 19.3 Å². The fraction of sp³-hybridized carbons (Fsp3) is 0.282. The SMILES string of the molecule is COC(=O)C(C)(C)COc1ccc(-c2ccc(-c3nc(SC)n[nH]3)cc2)cn1.CSc1n[nH]c(-c2ccc(-c3ccc(OCC(C)(C)C(=O)O)nc3)cc2)n1. The molecule has 3 N–H and O–H groups in total. The van der Waals surface area contributed by atoms with E-state index >= 15 is 0 Å². The third kappa shape index (κ3) is 10.7. The van der Waals surface area contributed by atoms with Gasteiger partial charge in [0.25, 0.3) is 0 Å². The molecule has 0 atom stereocenters. The molecule has 6 rings (SSSR count). The summed E-state index contributed by atoms with van der Waals surface area (Å²) < 4.78 is 15.9. The van der Waals surface area contributed by atoms with E-state index in [0.29, 0.717) is 22.1 Å². The Morgan fingerprint density at radius 2 is 1.00 bits per heavy atom. The number of carbonyl (C=O) groups is 2. The summed E-state index contributed by atoms with van der Waals surface area (Å²) in [5.41, 5.74) is 4.16. The number of hydrogen-bond donors (Lipinski definition) is 3. The van der Waals surface area contributed by atoms with E-state index in [1.165, 1.54) is 30.6 Å². The van der Waals surface area contributed by atoms with Gasteiger partial charge in [-0.3, -0.25) is 19.8 Å². The summed E-state index contributed by atoms with van der Waals surface area (Å²) in [5, 5.41) is 24.6. The number of carbonyl (C=O) groups excluding carboxylic acids is 1. The zero-order valence-electron chi connectivity index (χ0n) is 31.5. The average molecular weight is 783 g/mol. The number of H-pyrrole nitrogens is 2. The normalized spacial score (nSPS) is 11.3. The number of rotatable bonds is 14. The van der Waals surface area contributed by atoms with Gasteiger partial charge in [0.1, 0.15) is 13.2 Å². The highest BCUT2D eigenvalue weighted by molar-refractivity contribution is 7.98. The maximum atomic E-state index is 11.7. The topological polar surface area (TPSA) is 191 Å². The van der Waals surface area contributed by atoms with Crippen LogP contribution in [0.2, 0.25) is 0 Å². The van der Waals surface area contributed by atoms with Gasteiger partial charge in [0.2, 0.25) is 22.1 Å². The average Bonchev–Trinajstić information content (AvgIpc) is 3.91. The van der Waals surface area contributed by atoms with Gasteiger partial charge in [-0.25, -0.2) is 19.9 Å². The minimum atomic E-state index is -0.965. The van der Waals surface area contributed by atoms with Crippen LogP contribution in [0.25, 0.3) is 45.0 Å². The fourth-order valence-corrected chi connectivity index (χ4v) is 5.39. The standard InChI is InChI=1S/C20H22N4O3S.C19H20N4O3S/c1-20(2,18(25)26-3)12-27-16-10-9-15(11-21-16)13-5-7-14(8-6-13)17-22-19(28-4)24-23-17;1-19(2,17(24)25)11-26-15-9-8-14(10-20-15)12-4-6-13(7-5-12)16-21-18(27-3)23-22-16/h5-11H,12H2,1-4H3,(H,22,23,24);4-10H,11H2,1-3H3,(H,24,25)(H,21,22,23). The minimum Gasteiger partial charge on any atom is -0.481 e. The van der Waals surface area contributed by atoms with Gasteiger partial charge in [0.05, 0.1) is 17.9 Å². The number of hydrogen-bond acceptors (Lipinski definition) is 13. The van der Waals surface area contributed by atoms with Crippen molar-refractivity contribution in [3.05, 3.63) is 85.2 Å². The monoisotopic (exact) mass is 782 g/mol. The molecule has 0 aliphatic rings. The summed E-state index contributed by atoms with van der Waals surface area (Å²) in [6, 6.07) is 23.3. The Balaban J connectivity index is 0.000000211. The molecule has 2 aromatic carbocycles. The highest BCUT2D eigenvalue weighted by atomic mass is 32.2. The molecule has 0 saturated carbocycles. The predicted octanol–water partition coefficient (Wildman–Crippen LogP) is 7.58. The van der Waals surface area contributed by atoms with E-state index in [1.54, 1.807) is 52.2 Å². The Bertz CT molecular complexity index is 2170. The van der Waals surface area contributed by atoms with Crippen LogP contribution < -0.4 is 9.47 Å². The predicted molar refractivity (Wildman–Crippen MR) is 212 cm³/mol. The van der Waals surface area contributed by atoms with E-state index in [4.69, 9.17) is 19.3 Å². The molecule has 55 heavy (non-hydrogen) atoms. The summed E-state index contributed by atoms with van der Waals surface area (Å²) in [4.78, 5) is 40.2. The van der Waals surface area contributed by atoms with Gasteiger partial charge in [-0.1, -0.05) is 72.1 Å². The molecule has 0 radical (unpaired) electrons. The quantitative estimate of drug-likeness (QED) is 0.0724. The van der Waals surface area contributed by atoms with Crippen LogP contribution in [-0.2, 0) is 14.3 Å². The second kappa shape index (κ2) is 18.1. The number of thioether (sulfide) groups is 2. The number of aromatic amines is 2. The third-order valence-corrected chi connectivity index (χ3v) is 9.33. The van der Waals surface area contributed by atoms with E-state index in [-0.39, 0.29) is 19.2 Å². The lowest BCUT2D eigenvalue weighted by Gasteiger charge is -2.21. The van der Waals surface area contributed by atoms with Crippen molar-refractivity contribution in [2.24, 2.45) is 10.8 Å². The van der Waals surface area contributed by atoms with Crippen LogP contribution in [0.15, 0.2) is 95.5 Å². The lowest BCUT2D eigenvalue weighted by Crippen LogP contribution is -2.32. The molecule has 6 aromatic rings. The molecule has 4 heterocycles. The summed E-state index contributed by atoms with van der Waals surface area (Å²) in [6.07, 6.45) is 7.32. The molecule has 0 aliphatic heterocycles. The molecule has 0 spiro atoms. The zero-order chi connectivity index (χ0) is 39.6. The first-order valence-corrected chi connectivity index (χ1v) is 19.4. The Morgan fingerprint density at radius 3 is 1.33 bits per heavy atom. The Kier molecular flexibility index (Phi) is 13.3. The molecule has 0 amide bonds. The van der Waals surface area contributed by atoms with Gasteiger partial charge in [0, 0.05) is 46.8 Å². The number of nitrogens with zero attached hydrogens (tertiary/aromatic N) is 6. The molecule has 286 valence electrons. The van der Waals surface area contributed by atoms with Crippen molar-refractivity contribution in [3.8, 4) is 56.8 Å². The summed E-state index contributed by atoms with van der Waals surface area (Å²) in [5.74, 6) is 1.11. The van der Waals surface area contributed by atoms with E-state index in [9.17, 15) is 9.59 Å². The number of carboxylic acids is 1. The van der Waals surface area contributed by atoms with Crippen molar-refractivity contribution in [3.63, 3.8) is 0 Å². The van der Waals surface area contributed by atoms with Gasteiger partial charge in [-0.15, -0.1) is 10.2 Å². The molecular weight excluding hydrogens is 741 g/mol. The van der Waals surface area contributed by atoms with Crippen molar-refractivity contribution < 1.29 is 28.9 Å². The highest BCUT2D eigenvalue weighted by Crippen LogP contribution is 2.27. The van der Waals surface area contributed by atoms with Crippen molar-refractivity contribution >= 4 is 35.5 Å². The smallest absolute Gasteiger partial charge is 0.314 e. The van der Waals surface area contributed by atoms with Gasteiger partial charge in [-0.05, 0) is 63.5 Å². The zero-order valence-corrected chi connectivity index (χ0v) is 33.1. The van der Waals surface area contributed by atoms with E-state index < -0.39 is 16.8 Å². The Hall–Kier alpha value is -5.74. The molecule has 14 nitrogen and oxygen atoms in total. The lowest BCUT2D eigenvalue weighted by molar-refractivity contribution is -0.152. The number of aliphatic carboxylic acids is 1. The lowest BCUT2D eigenvalue weighted by atomic mass is 9.95. The first kappa shape index (κ1) is 40.4. The second-order valence-electron chi connectivity index (χ2n) is 13.4. The van der Waals surface area contributed by atoms with Crippen molar-refractivity contribution in [2.75, 3.05) is 32.8 Å². The number of aromatic nitrogens is 8. The largest absolute Gasteiger partial charge is 0.481 e. The third-order valence-electron chi connectivity index (χ3n) is 8.23. The highest BCUT2D eigenvalue weighted by Gasteiger charge is 2.30. The van der Waals surface area contributed by atoms with Crippen molar-refractivity contribution in [1.29, 1.82) is 0 Å². The maximum absolute atomic E-state index is 11.7. The molecular formula is C39H42N8O6S2. The number of methoxy groups -OCH3 is 1. The van der Waals surface area contributed by atoms with E-state index in [2.05, 4.69) is 40.3 Å². The van der Waals surface area contributed by atoms with Crippen molar-refractivity contribution in [1.82, 2.24) is 40.3 Å². The molecule has 0 unspecified atom stereocenters. The molecule has 0 aliphatic carbocycles. The van der Waals surface area contributed by atoms with Crippen LogP contribution in [0.5, 0.6) is 11.8 Å². The van der Waals surface area contributed by atoms with Crippen LogP contribution in [0.3, 0.4) is 0 Å². The minimum absolute atomic E-state index is 0.0542. The molecule has 0 saturated heterocycles. The fourth-order valence-electron chi connectivity index (χ4n) is 4.75. The summed E-state index contributed by atoms with van der Waals surface area (Å²) in [6.45, 7) is 7.01. The van der Waals surface area contributed by atoms with Crippen LogP contribution in [0.1, 0.15) is 27.7 Å². The summed E-state index contributed by atoms with van der Waals surface area (Å²) >= 11 is 2.98. The second-order valence-corrected chi connectivity index (χ2v) is 15.0. The Labute approximate surface area is 327 Å². The van der Waals surface area contributed by atoms with Crippen LogP contribution in [0.4, 0.5) is 0 Å². The Morgan fingerprint density at radius 1 is 0.618 bits per heavy atom. The number of pyridine rings is 2. The molecule has 0 fully saturated rings. The maximum Gasteiger partial charge on any atom is 0.314 e. The number of ether oxygens (including phenoxy) is 3. The molecule has 0 bridgehead atoms. The van der Waals surface area contributed by atoms with Gasteiger partial charge in [-0.2, -0.15) is 0 Å². The first-order valence-electron chi connectivity index (χ1n) is 17.0. The molecule has 4 aromatic heterocycles. The van der Waals surface area contributed by atoms with E-state index in [1.807, 2.05) is 73.2 Å². The van der Waals surface area contributed by atoms with E-state index in [0.717, 1.165) is 45.0 Å². The van der Waals surface area contributed by atoms with Gasteiger partial charge >= 0.3 is 11.9 Å². The van der Waals surface area contributed by atoms with Crippen LogP contribution in [0, 0.1) is 10.8 Å².